The van der Waals surface area contributed by atoms with Crippen molar-refractivity contribution in [1.82, 2.24) is 19.8 Å². The van der Waals surface area contributed by atoms with E-state index in [1.54, 1.807) is 24.5 Å². The number of rotatable bonds is 6. The number of carbonyl (C=O) groups is 1. The number of para-hydroxylation sites is 1. The average Bonchev–Trinajstić information content (AvgIpc) is 3.39. The van der Waals surface area contributed by atoms with Gasteiger partial charge in [-0.1, -0.05) is 24.3 Å². The first-order valence-electron chi connectivity index (χ1n) is 14.1. The number of halogens is 1. The highest BCUT2D eigenvalue weighted by Crippen LogP contribution is 2.40. The molecule has 8 heteroatoms. The molecule has 208 valence electrons. The third kappa shape index (κ3) is 5.60. The minimum absolute atomic E-state index is 0.0976. The van der Waals surface area contributed by atoms with E-state index in [0.717, 1.165) is 59.2 Å². The lowest BCUT2D eigenvalue weighted by atomic mass is 9.85. The molecule has 0 spiro atoms. The van der Waals surface area contributed by atoms with E-state index in [4.69, 9.17) is 0 Å². The van der Waals surface area contributed by atoms with Gasteiger partial charge in [-0.25, -0.2) is 4.39 Å². The molecular formula is C32H35FN4O3. The van der Waals surface area contributed by atoms with Crippen molar-refractivity contribution in [2.24, 2.45) is 0 Å². The SMILES string of the molecule is O=C(CN1CCC(c2cccc(-c3cc4ccncc4[nH]3)c2O)CC1)N1CCC(O)(Cc2ccc(F)cc2)CC1. The molecule has 3 N–H and O–H groups in total. The van der Waals surface area contributed by atoms with Crippen LogP contribution < -0.4 is 0 Å². The van der Waals surface area contributed by atoms with Crippen LogP contribution in [0.3, 0.4) is 0 Å². The number of aromatic nitrogens is 2. The van der Waals surface area contributed by atoms with Crippen molar-refractivity contribution in [3.8, 4) is 17.0 Å². The number of phenols is 1. The van der Waals surface area contributed by atoms with E-state index in [2.05, 4.69) is 14.9 Å². The molecule has 0 bridgehead atoms. The van der Waals surface area contributed by atoms with E-state index in [0.29, 0.717) is 44.6 Å². The summed E-state index contributed by atoms with van der Waals surface area (Å²) in [5.74, 6) is 0.362. The Kier molecular flexibility index (Phi) is 7.29. The smallest absolute Gasteiger partial charge is 0.236 e. The van der Waals surface area contributed by atoms with Gasteiger partial charge < -0.3 is 20.1 Å². The zero-order valence-electron chi connectivity index (χ0n) is 22.5. The van der Waals surface area contributed by atoms with Crippen LogP contribution in [0.25, 0.3) is 22.2 Å². The van der Waals surface area contributed by atoms with Gasteiger partial charge in [0.25, 0.3) is 0 Å². The minimum atomic E-state index is -0.868. The van der Waals surface area contributed by atoms with E-state index in [1.165, 1.54) is 12.1 Å². The summed E-state index contributed by atoms with van der Waals surface area (Å²) in [5.41, 5.74) is 3.59. The fraction of sp³-hybridized carbons (Fsp3) is 0.375. The summed E-state index contributed by atoms with van der Waals surface area (Å²) in [6.45, 7) is 3.01. The summed E-state index contributed by atoms with van der Waals surface area (Å²) in [7, 11) is 0. The molecule has 0 atom stereocenters. The number of nitrogens with one attached hydrogen (secondary N) is 1. The fourth-order valence-corrected chi connectivity index (χ4v) is 6.25. The van der Waals surface area contributed by atoms with Crippen LogP contribution in [0.2, 0.25) is 0 Å². The second kappa shape index (κ2) is 11.0. The van der Waals surface area contributed by atoms with Gasteiger partial charge in [-0.2, -0.15) is 0 Å². The van der Waals surface area contributed by atoms with E-state index in [9.17, 15) is 19.4 Å². The second-order valence-electron chi connectivity index (χ2n) is 11.3. The maximum absolute atomic E-state index is 13.2. The summed E-state index contributed by atoms with van der Waals surface area (Å²) in [4.78, 5) is 24.6. The number of piperidine rings is 2. The number of aromatic amines is 1. The Bertz CT molecular complexity index is 1450. The van der Waals surface area contributed by atoms with Gasteiger partial charge in [-0.05, 0) is 86.1 Å². The van der Waals surface area contributed by atoms with Crippen LogP contribution in [-0.4, -0.2) is 74.2 Å². The van der Waals surface area contributed by atoms with Crippen molar-refractivity contribution in [3.05, 3.63) is 83.9 Å². The van der Waals surface area contributed by atoms with Gasteiger partial charge in [0.05, 0.1) is 29.6 Å². The maximum Gasteiger partial charge on any atom is 0.236 e. The van der Waals surface area contributed by atoms with Crippen LogP contribution in [-0.2, 0) is 11.2 Å². The van der Waals surface area contributed by atoms with Crippen molar-refractivity contribution in [1.29, 1.82) is 0 Å². The molecule has 7 nitrogen and oxygen atoms in total. The number of aliphatic hydroxyl groups is 1. The Labute approximate surface area is 233 Å². The highest BCUT2D eigenvalue weighted by Gasteiger charge is 2.35. The number of phenolic OH excluding ortho intramolecular Hbond substituents is 1. The molecule has 2 saturated heterocycles. The molecular weight excluding hydrogens is 507 g/mol. The van der Waals surface area contributed by atoms with Crippen LogP contribution in [0.15, 0.2) is 67.0 Å². The van der Waals surface area contributed by atoms with Gasteiger partial charge in [-0.3, -0.25) is 14.7 Å². The molecule has 40 heavy (non-hydrogen) atoms. The molecule has 2 aromatic heterocycles. The van der Waals surface area contributed by atoms with Crippen molar-refractivity contribution >= 4 is 16.8 Å². The fourth-order valence-electron chi connectivity index (χ4n) is 6.25. The number of aromatic hydroxyl groups is 1. The lowest BCUT2D eigenvalue weighted by molar-refractivity contribution is -0.136. The van der Waals surface area contributed by atoms with Crippen LogP contribution in [0.4, 0.5) is 4.39 Å². The standard InChI is InChI=1S/C32H35FN4O3/c33-25-6-4-22(5-7-25)19-32(40)11-16-37(17-12-32)30(38)21-36-14-9-23(10-15-36)26-2-1-3-27(31(26)39)28-18-24-8-13-34-20-29(24)35-28/h1-8,13,18,20,23,35,39-40H,9-12,14-17,19,21H2. The number of likely N-dealkylation sites (tertiary alicyclic amines) is 2. The first-order chi connectivity index (χ1) is 19.4. The number of H-pyrrole nitrogens is 1. The van der Waals surface area contributed by atoms with Crippen molar-refractivity contribution in [2.75, 3.05) is 32.7 Å². The first kappa shape index (κ1) is 26.5. The van der Waals surface area contributed by atoms with Gasteiger partial charge >= 0.3 is 0 Å². The van der Waals surface area contributed by atoms with Gasteiger partial charge in [0.1, 0.15) is 11.6 Å². The van der Waals surface area contributed by atoms with Gasteiger partial charge in [-0.15, -0.1) is 0 Å². The molecule has 6 rings (SSSR count). The summed E-state index contributed by atoms with van der Waals surface area (Å²) in [6, 6.07) is 16.2. The van der Waals surface area contributed by atoms with Crippen LogP contribution in [0.5, 0.6) is 5.75 Å². The van der Waals surface area contributed by atoms with Crippen LogP contribution in [0.1, 0.15) is 42.7 Å². The molecule has 2 aliphatic heterocycles. The number of nitrogens with zero attached hydrogens (tertiary/aromatic N) is 3. The lowest BCUT2D eigenvalue weighted by Crippen LogP contribution is -2.50. The maximum atomic E-state index is 13.2. The Hall–Kier alpha value is -3.75. The van der Waals surface area contributed by atoms with Gasteiger partial charge in [0, 0.05) is 36.7 Å². The summed E-state index contributed by atoms with van der Waals surface area (Å²) in [5, 5.41) is 23.3. The predicted molar refractivity (Wildman–Crippen MR) is 152 cm³/mol. The predicted octanol–water partition coefficient (Wildman–Crippen LogP) is 4.85. The Morgan fingerprint density at radius 1 is 1.05 bits per heavy atom. The third-order valence-corrected chi connectivity index (χ3v) is 8.66. The molecule has 1 amide bonds. The molecule has 2 aliphatic rings. The number of fused-ring (bicyclic) bond motifs is 1. The van der Waals surface area contributed by atoms with Gasteiger partial charge in [0.15, 0.2) is 0 Å². The minimum Gasteiger partial charge on any atom is -0.507 e. The van der Waals surface area contributed by atoms with Crippen LogP contribution >= 0.6 is 0 Å². The topological polar surface area (TPSA) is 92.7 Å². The number of hydrogen-bond acceptors (Lipinski definition) is 5. The van der Waals surface area contributed by atoms with Crippen molar-refractivity contribution in [2.45, 2.75) is 43.6 Å². The number of pyridine rings is 1. The van der Waals surface area contributed by atoms with E-state index >= 15 is 0 Å². The second-order valence-corrected chi connectivity index (χ2v) is 11.3. The number of hydrogen-bond donors (Lipinski definition) is 3. The summed E-state index contributed by atoms with van der Waals surface area (Å²) < 4.78 is 13.2. The summed E-state index contributed by atoms with van der Waals surface area (Å²) in [6.07, 6.45) is 6.79. The molecule has 2 fully saturated rings. The largest absolute Gasteiger partial charge is 0.507 e. The third-order valence-electron chi connectivity index (χ3n) is 8.66. The highest BCUT2D eigenvalue weighted by atomic mass is 19.1. The van der Waals surface area contributed by atoms with Crippen molar-refractivity contribution in [3.63, 3.8) is 0 Å². The molecule has 0 saturated carbocycles. The van der Waals surface area contributed by atoms with E-state index in [1.807, 2.05) is 35.2 Å². The molecule has 0 unspecified atom stereocenters. The zero-order chi connectivity index (χ0) is 27.7. The number of carbonyl (C=O) groups excluding carboxylic acids is 1. The molecule has 2 aromatic carbocycles. The molecule has 4 aromatic rings. The molecule has 4 heterocycles. The quantitative estimate of drug-likeness (QED) is 0.324. The zero-order valence-corrected chi connectivity index (χ0v) is 22.5. The first-order valence-corrected chi connectivity index (χ1v) is 14.1. The van der Waals surface area contributed by atoms with E-state index in [-0.39, 0.29) is 17.6 Å². The molecule has 0 aliphatic carbocycles. The van der Waals surface area contributed by atoms with Gasteiger partial charge in [0.2, 0.25) is 5.91 Å². The Morgan fingerprint density at radius 3 is 2.52 bits per heavy atom. The average molecular weight is 543 g/mol. The van der Waals surface area contributed by atoms with Crippen molar-refractivity contribution < 1.29 is 19.4 Å². The monoisotopic (exact) mass is 542 g/mol. The summed E-state index contributed by atoms with van der Waals surface area (Å²) >= 11 is 0. The normalized spacial score (nSPS) is 18.3. The number of benzene rings is 2. The van der Waals surface area contributed by atoms with E-state index < -0.39 is 5.60 Å². The highest BCUT2D eigenvalue weighted by molar-refractivity contribution is 5.86. The Morgan fingerprint density at radius 2 is 1.80 bits per heavy atom. The van der Waals surface area contributed by atoms with Crippen LogP contribution in [0, 0.1) is 5.82 Å². The number of amides is 1. The Balaban J connectivity index is 1.02. The lowest BCUT2D eigenvalue weighted by Gasteiger charge is -2.39. The molecule has 0 radical (unpaired) electrons.